The van der Waals surface area contributed by atoms with Crippen molar-refractivity contribution >= 4 is 13.4 Å². The van der Waals surface area contributed by atoms with Crippen molar-refractivity contribution in [2.45, 2.75) is 65.9 Å². The van der Waals surface area contributed by atoms with E-state index < -0.39 is 0 Å². The first-order valence-corrected chi connectivity index (χ1v) is 10.3. The lowest BCUT2D eigenvalue weighted by Crippen LogP contribution is -2.16. The second kappa shape index (κ2) is 11.6. The van der Waals surface area contributed by atoms with Crippen LogP contribution in [0.25, 0.3) is 0 Å². The van der Waals surface area contributed by atoms with E-state index >= 15 is 0 Å². The summed E-state index contributed by atoms with van der Waals surface area (Å²) in [5, 5.41) is 0. The Labute approximate surface area is 171 Å². The van der Waals surface area contributed by atoms with Gasteiger partial charge < -0.3 is 9.47 Å². The van der Waals surface area contributed by atoms with Gasteiger partial charge in [0, 0.05) is 6.42 Å². The summed E-state index contributed by atoms with van der Waals surface area (Å²) in [6.45, 7) is 9.07. The Kier molecular flexibility index (Phi) is 9.13. The molecule has 2 rings (SSSR count). The molecular formula is C24H32BNO2. The predicted octanol–water partition coefficient (Wildman–Crippen LogP) is 5.37. The van der Waals surface area contributed by atoms with Gasteiger partial charge in [-0.25, -0.2) is 0 Å². The molecule has 1 aromatic carbocycles. The third-order valence-corrected chi connectivity index (χ3v) is 4.83. The molecule has 0 spiro atoms. The van der Waals surface area contributed by atoms with Gasteiger partial charge in [-0.2, -0.15) is 0 Å². The van der Waals surface area contributed by atoms with Crippen LogP contribution in [0.1, 0.15) is 69.4 Å². The van der Waals surface area contributed by atoms with Gasteiger partial charge in [0.05, 0.1) is 18.1 Å². The number of rotatable bonds is 11. The fourth-order valence-corrected chi connectivity index (χ4v) is 3.23. The highest BCUT2D eigenvalue weighted by Gasteiger charge is 2.15. The van der Waals surface area contributed by atoms with Gasteiger partial charge in [0.15, 0.2) is 0 Å². The van der Waals surface area contributed by atoms with Crippen LogP contribution in [0.15, 0.2) is 48.2 Å². The Hall–Kier alpha value is -2.23. The van der Waals surface area contributed by atoms with Gasteiger partial charge in [0.2, 0.25) is 0 Å². The number of ether oxygens (including phenoxy) is 2. The molecule has 0 aliphatic rings. The molecule has 0 fully saturated rings. The van der Waals surface area contributed by atoms with Crippen molar-refractivity contribution in [2.24, 2.45) is 0 Å². The van der Waals surface area contributed by atoms with E-state index in [0.717, 1.165) is 49.3 Å². The number of allylic oxidation sites excluding steroid dienone is 2. The molecule has 2 aromatic rings. The van der Waals surface area contributed by atoms with Crippen molar-refractivity contribution < 1.29 is 9.47 Å². The number of nitrogens with zero attached hydrogens (tertiary/aromatic N) is 1. The summed E-state index contributed by atoms with van der Waals surface area (Å²) in [5.74, 6) is 1.93. The lowest BCUT2D eigenvalue weighted by atomic mass is 10.0. The lowest BCUT2D eigenvalue weighted by molar-refractivity contribution is 0.187. The molecule has 3 nitrogen and oxygen atoms in total. The molecule has 0 saturated heterocycles. The monoisotopic (exact) mass is 377 g/mol. The topological polar surface area (TPSA) is 31.4 Å². The first kappa shape index (κ1) is 22.1. The van der Waals surface area contributed by atoms with Crippen LogP contribution in [0.3, 0.4) is 0 Å². The fraction of sp³-hybridized carbons (Fsp3) is 0.458. The first-order valence-electron chi connectivity index (χ1n) is 10.3. The van der Waals surface area contributed by atoms with Crippen LogP contribution < -0.4 is 10.3 Å². The standard InChI is InChI=1S/C24H32BNO2/c1-5-8-11-23(22-10-9-12-24(25)26-22)28-21-16-14-19(18(4)17-21)13-15-20(6-2)27-7-3/h6,9-10,12,14,16-17,23H,5,7-8,11,13,15H2,1-4H3/b20-6+/t23-/m0/s1. The lowest BCUT2D eigenvalue weighted by Gasteiger charge is -2.20. The molecule has 0 aliphatic carbocycles. The largest absolute Gasteiger partial charge is 0.499 e. The van der Waals surface area contributed by atoms with E-state index in [4.69, 9.17) is 17.3 Å². The average Bonchev–Trinajstić information content (AvgIpc) is 2.69. The van der Waals surface area contributed by atoms with Crippen molar-refractivity contribution in [1.29, 1.82) is 0 Å². The highest BCUT2D eigenvalue weighted by molar-refractivity contribution is 6.30. The number of unbranched alkanes of at least 4 members (excludes halogenated alkanes) is 1. The third kappa shape index (κ3) is 6.74. The second-order valence-corrected chi connectivity index (χ2v) is 7.01. The quantitative estimate of drug-likeness (QED) is 0.390. The molecule has 0 unspecified atom stereocenters. The van der Waals surface area contributed by atoms with E-state index in [1.807, 2.05) is 32.1 Å². The average molecular weight is 377 g/mol. The van der Waals surface area contributed by atoms with E-state index in [2.05, 4.69) is 37.0 Å². The molecule has 1 heterocycles. The predicted molar refractivity (Wildman–Crippen MR) is 117 cm³/mol. The number of pyridine rings is 1. The zero-order valence-corrected chi connectivity index (χ0v) is 17.7. The minimum absolute atomic E-state index is 0.0821. The van der Waals surface area contributed by atoms with Crippen molar-refractivity contribution in [3.8, 4) is 5.75 Å². The minimum Gasteiger partial charge on any atom is -0.499 e. The summed E-state index contributed by atoms with van der Waals surface area (Å²) in [4.78, 5) is 4.47. The van der Waals surface area contributed by atoms with Gasteiger partial charge in [-0.05, 0) is 81.0 Å². The Morgan fingerprint density at radius 1 is 1.21 bits per heavy atom. The van der Waals surface area contributed by atoms with Crippen LogP contribution in [0, 0.1) is 6.92 Å². The van der Waals surface area contributed by atoms with Gasteiger partial charge >= 0.3 is 0 Å². The number of benzene rings is 1. The Balaban J connectivity index is 2.09. The minimum atomic E-state index is -0.0821. The third-order valence-electron chi connectivity index (χ3n) is 4.83. The zero-order valence-electron chi connectivity index (χ0n) is 17.7. The fourth-order valence-electron chi connectivity index (χ4n) is 3.23. The van der Waals surface area contributed by atoms with Gasteiger partial charge in [-0.15, -0.1) is 0 Å². The normalized spacial score (nSPS) is 12.6. The maximum Gasteiger partial charge on any atom is 0.141 e. The van der Waals surface area contributed by atoms with Crippen molar-refractivity contribution in [1.82, 2.24) is 4.98 Å². The van der Waals surface area contributed by atoms with Crippen LogP contribution >= 0.6 is 0 Å². The SMILES string of the molecule is [B]c1cccc([C@H](CCCC)Oc2ccc(CC/C(=C\C)OCC)c(C)c2)n1. The smallest absolute Gasteiger partial charge is 0.141 e. The highest BCUT2D eigenvalue weighted by atomic mass is 16.5. The van der Waals surface area contributed by atoms with Crippen molar-refractivity contribution in [2.75, 3.05) is 6.61 Å². The van der Waals surface area contributed by atoms with Crippen LogP contribution in [-0.4, -0.2) is 19.4 Å². The van der Waals surface area contributed by atoms with Gasteiger partial charge in [0.25, 0.3) is 0 Å². The number of hydrogen-bond donors (Lipinski definition) is 0. The number of aryl methyl sites for hydroxylation is 2. The molecule has 0 bridgehead atoms. The van der Waals surface area contributed by atoms with Gasteiger partial charge in [0.1, 0.15) is 19.7 Å². The molecule has 148 valence electrons. The van der Waals surface area contributed by atoms with Crippen LogP contribution in [0.2, 0.25) is 0 Å². The maximum absolute atomic E-state index is 6.32. The van der Waals surface area contributed by atoms with Crippen molar-refractivity contribution in [3.63, 3.8) is 0 Å². The molecular weight excluding hydrogens is 345 g/mol. The van der Waals surface area contributed by atoms with Crippen LogP contribution in [0.5, 0.6) is 5.75 Å². The van der Waals surface area contributed by atoms with E-state index in [1.165, 1.54) is 11.1 Å². The summed E-state index contributed by atoms with van der Waals surface area (Å²) in [6, 6.07) is 12.1. The van der Waals surface area contributed by atoms with Crippen molar-refractivity contribution in [3.05, 3.63) is 65.1 Å². The summed E-state index contributed by atoms with van der Waals surface area (Å²) >= 11 is 0. The summed E-state index contributed by atoms with van der Waals surface area (Å²) in [6.07, 6.45) is 6.97. The first-order chi connectivity index (χ1) is 13.6. The Morgan fingerprint density at radius 2 is 2.04 bits per heavy atom. The molecule has 0 saturated carbocycles. The van der Waals surface area contributed by atoms with Crippen LogP contribution in [0.4, 0.5) is 0 Å². The molecule has 4 heteroatoms. The maximum atomic E-state index is 6.32. The Bertz CT molecular complexity index is 773. The van der Waals surface area contributed by atoms with E-state index in [-0.39, 0.29) is 6.10 Å². The molecule has 2 radical (unpaired) electrons. The van der Waals surface area contributed by atoms with Gasteiger partial charge in [-0.3, -0.25) is 4.98 Å². The summed E-state index contributed by atoms with van der Waals surface area (Å²) < 4.78 is 12.0. The summed E-state index contributed by atoms with van der Waals surface area (Å²) in [5.41, 5.74) is 3.98. The molecule has 0 N–H and O–H groups in total. The van der Waals surface area contributed by atoms with E-state index in [9.17, 15) is 0 Å². The molecule has 1 aromatic heterocycles. The summed E-state index contributed by atoms with van der Waals surface area (Å²) in [7, 11) is 5.87. The Morgan fingerprint density at radius 3 is 2.68 bits per heavy atom. The second-order valence-electron chi connectivity index (χ2n) is 7.01. The van der Waals surface area contributed by atoms with E-state index in [0.29, 0.717) is 12.2 Å². The highest BCUT2D eigenvalue weighted by Crippen LogP contribution is 2.27. The van der Waals surface area contributed by atoms with E-state index in [1.54, 1.807) is 6.07 Å². The van der Waals surface area contributed by atoms with Crippen LogP contribution in [-0.2, 0) is 11.2 Å². The molecule has 28 heavy (non-hydrogen) atoms. The number of hydrogen-bond acceptors (Lipinski definition) is 3. The number of aromatic nitrogens is 1. The molecule has 0 aliphatic heterocycles. The molecule has 1 atom stereocenters. The molecule has 0 amide bonds. The van der Waals surface area contributed by atoms with Gasteiger partial charge in [-0.1, -0.05) is 31.5 Å². The zero-order chi connectivity index (χ0) is 20.4.